The number of nitrogens with zero attached hydrogens (tertiary/aromatic N) is 2. The summed E-state index contributed by atoms with van der Waals surface area (Å²) in [6.07, 6.45) is 5.08. The Bertz CT molecular complexity index is 410. The number of aromatic nitrogens is 1. The van der Waals surface area contributed by atoms with E-state index in [-0.39, 0.29) is 12.0 Å². The third kappa shape index (κ3) is 2.52. The van der Waals surface area contributed by atoms with E-state index < -0.39 is 0 Å². The topological polar surface area (TPSA) is 45.5 Å². The highest BCUT2D eigenvalue weighted by Gasteiger charge is 2.21. The van der Waals surface area contributed by atoms with Crippen LogP contribution in [0.1, 0.15) is 36.6 Å². The van der Waals surface area contributed by atoms with Crippen LogP contribution < -0.4 is 0 Å². The van der Waals surface area contributed by atoms with Crippen molar-refractivity contribution >= 4 is 5.91 Å². The average molecular weight is 236 g/mol. The predicted octanol–water partition coefficient (Wildman–Crippen LogP) is 1.34. The van der Waals surface area contributed by atoms with Crippen LogP contribution >= 0.6 is 0 Å². The summed E-state index contributed by atoms with van der Waals surface area (Å²) in [5, 5.41) is 9.85. The summed E-state index contributed by atoms with van der Waals surface area (Å²) >= 11 is 0. The maximum absolute atomic E-state index is 11.5. The smallest absolute Gasteiger partial charge is 0.223 e. The number of carbonyl (C=O) groups is 1. The molecule has 4 nitrogen and oxygen atoms in total. The highest BCUT2D eigenvalue weighted by Crippen LogP contribution is 2.30. The van der Waals surface area contributed by atoms with Gasteiger partial charge < -0.3 is 14.6 Å². The molecule has 1 unspecified atom stereocenters. The van der Waals surface area contributed by atoms with Gasteiger partial charge in [0.1, 0.15) is 0 Å². The molecule has 1 aliphatic carbocycles. The fourth-order valence-corrected chi connectivity index (χ4v) is 2.38. The SMILES string of the molecule is CN(C)C(=O)CCn1ccc2c1CCCC2O. The van der Waals surface area contributed by atoms with Crippen molar-refractivity contribution < 1.29 is 9.90 Å². The number of aliphatic hydroxyl groups excluding tert-OH is 1. The lowest BCUT2D eigenvalue weighted by Gasteiger charge is -2.20. The van der Waals surface area contributed by atoms with Gasteiger partial charge in [-0.05, 0) is 25.3 Å². The summed E-state index contributed by atoms with van der Waals surface area (Å²) in [5.74, 6) is 0.142. The molecule has 0 saturated heterocycles. The van der Waals surface area contributed by atoms with Gasteiger partial charge in [-0.25, -0.2) is 0 Å². The minimum absolute atomic E-state index is 0.142. The largest absolute Gasteiger partial charge is 0.388 e. The van der Waals surface area contributed by atoms with Gasteiger partial charge >= 0.3 is 0 Å². The number of hydrogen-bond acceptors (Lipinski definition) is 2. The van der Waals surface area contributed by atoms with E-state index in [9.17, 15) is 9.90 Å². The highest BCUT2D eigenvalue weighted by atomic mass is 16.3. The molecule has 94 valence electrons. The van der Waals surface area contributed by atoms with Gasteiger partial charge in [0, 0.05) is 44.5 Å². The molecule has 1 aliphatic rings. The molecule has 1 atom stereocenters. The fraction of sp³-hybridized carbons (Fsp3) is 0.615. The van der Waals surface area contributed by atoms with Gasteiger partial charge in [0.25, 0.3) is 0 Å². The minimum Gasteiger partial charge on any atom is -0.388 e. The van der Waals surface area contributed by atoms with Crippen LogP contribution in [-0.2, 0) is 17.8 Å². The molecular formula is C13H20N2O2. The molecule has 1 aromatic rings. The van der Waals surface area contributed by atoms with Crippen LogP contribution in [0, 0.1) is 0 Å². The monoisotopic (exact) mass is 236 g/mol. The molecule has 1 N–H and O–H groups in total. The van der Waals surface area contributed by atoms with Crippen molar-refractivity contribution in [2.75, 3.05) is 14.1 Å². The second-order valence-electron chi connectivity index (χ2n) is 4.86. The summed E-state index contributed by atoms with van der Waals surface area (Å²) in [5.41, 5.74) is 2.25. The van der Waals surface area contributed by atoms with Crippen molar-refractivity contribution in [2.45, 2.75) is 38.3 Å². The van der Waals surface area contributed by atoms with E-state index >= 15 is 0 Å². The Morgan fingerprint density at radius 2 is 2.35 bits per heavy atom. The van der Waals surface area contributed by atoms with Gasteiger partial charge in [-0.2, -0.15) is 0 Å². The molecule has 0 fully saturated rings. The lowest BCUT2D eigenvalue weighted by Crippen LogP contribution is -2.23. The molecule has 1 aromatic heterocycles. The zero-order chi connectivity index (χ0) is 12.4. The van der Waals surface area contributed by atoms with E-state index in [4.69, 9.17) is 0 Å². The van der Waals surface area contributed by atoms with Crippen LogP contribution in [0.15, 0.2) is 12.3 Å². The van der Waals surface area contributed by atoms with Crippen molar-refractivity contribution in [2.24, 2.45) is 0 Å². The molecular weight excluding hydrogens is 216 g/mol. The Hall–Kier alpha value is -1.29. The van der Waals surface area contributed by atoms with E-state index in [0.717, 1.165) is 24.8 Å². The van der Waals surface area contributed by atoms with Gasteiger partial charge in [0.15, 0.2) is 0 Å². The zero-order valence-corrected chi connectivity index (χ0v) is 10.5. The number of aliphatic hydroxyl groups is 1. The van der Waals surface area contributed by atoms with Crippen molar-refractivity contribution in [1.29, 1.82) is 0 Å². The summed E-state index contributed by atoms with van der Waals surface area (Å²) in [7, 11) is 3.55. The normalized spacial score (nSPS) is 18.9. The summed E-state index contributed by atoms with van der Waals surface area (Å²) < 4.78 is 2.11. The first-order chi connectivity index (χ1) is 8.09. The second kappa shape index (κ2) is 4.92. The van der Waals surface area contributed by atoms with Crippen LogP contribution in [-0.4, -0.2) is 34.6 Å². The number of carbonyl (C=O) groups excluding carboxylic acids is 1. The predicted molar refractivity (Wildman–Crippen MR) is 65.6 cm³/mol. The Morgan fingerprint density at radius 3 is 3.06 bits per heavy atom. The van der Waals surface area contributed by atoms with Crippen LogP contribution in [0.5, 0.6) is 0 Å². The van der Waals surface area contributed by atoms with Crippen molar-refractivity contribution in [1.82, 2.24) is 9.47 Å². The number of hydrogen-bond donors (Lipinski definition) is 1. The molecule has 1 amide bonds. The van der Waals surface area contributed by atoms with Crippen molar-refractivity contribution in [3.8, 4) is 0 Å². The van der Waals surface area contributed by atoms with E-state index in [1.165, 1.54) is 5.69 Å². The average Bonchev–Trinajstić information content (AvgIpc) is 2.70. The molecule has 0 radical (unpaired) electrons. The van der Waals surface area contributed by atoms with Crippen LogP contribution in [0.2, 0.25) is 0 Å². The maximum Gasteiger partial charge on any atom is 0.223 e. The molecule has 0 saturated carbocycles. The van der Waals surface area contributed by atoms with Gasteiger partial charge in [-0.15, -0.1) is 0 Å². The van der Waals surface area contributed by atoms with Crippen LogP contribution in [0.3, 0.4) is 0 Å². The standard InChI is InChI=1S/C13H20N2O2/c1-14(2)13(17)7-9-15-8-6-10-11(15)4-3-5-12(10)16/h6,8,12,16H,3-5,7,9H2,1-2H3. The molecule has 0 aromatic carbocycles. The second-order valence-corrected chi connectivity index (χ2v) is 4.86. The third-order valence-corrected chi connectivity index (χ3v) is 3.43. The highest BCUT2D eigenvalue weighted by molar-refractivity contribution is 5.75. The van der Waals surface area contributed by atoms with E-state index in [0.29, 0.717) is 13.0 Å². The van der Waals surface area contributed by atoms with Gasteiger partial charge in [-0.3, -0.25) is 4.79 Å². The maximum atomic E-state index is 11.5. The summed E-state index contributed by atoms with van der Waals surface area (Å²) in [6, 6.07) is 1.99. The van der Waals surface area contributed by atoms with Gasteiger partial charge in [0.05, 0.1) is 6.10 Å². The third-order valence-electron chi connectivity index (χ3n) is 3.43. The van der Waals surface area contributed by atoms with E-state index in [2.05, 4.69) is 4.57 Å². The summed E-state index contributed by atoms with van der Waals surface area (Å²) in [6.45, 7) is 0.707. The molecule has 1 heterocycles. The molecule has 17 heavy (non-hydrogen) atoms. The molecule has 0 aliphatic heterocycles. The van der Waals surface area contributed by atoms with Crippen LogP contribution in [0.4, 0.5) is 0 Å². The lowest BCUT2D eigenvalue weighted by molar-refractivity contribution is -0.128. The van der Waals surface area contributed by atoms with Gasteiger partial charge in [0.2, 0.25) is 5.91 Å². The Labute approximate surface area is 102 Å². The quantitative estimate of drug-likeness (QED) is 0.860. The van der Waals surface area contributed by atoms with E-state index in [1.54, 1.807) is 19.0 Å². The van der Waals surface area contributed by atoms with E-state index in [1.807, 2.05) is 12.3 Å². The summed E-state index contributed by atoms with van der Waals surface area (Å²) in [4.78, 5) is 13.1. The molecule has 0 spiro atoms. The Balaban J connectivity index is 2.05. The van der Waals surface area contributed by atoms with Crippen LogP contribution in [0.25, 0.3) is 0 Å². The lowest BCUT2D eigenvalue weighted by atomic mass is 9.95. The number of rotatable bonds is 3. The molecule has 2 rings (SSSR count). The molecule has 0 bridgehead atoms. The van der Waals surface area contributed by atoms with Crippen molar-refractivity contribution in [3.63, 3.8) is 0 Å². The van der Waals surface area contributed by atoms with Gasteiger partial charge in [-0.1, -0.05) is 0 Å². The van der Waals surface area contributed by atoms with Crippen molar-refractivity contribution in [3.05, 3.63) is 23.5 Å². The molecule has 4 heteroatoms. The zero-order valence-electron chi connectivity index (χ0n) is 10.5. The number of fused-ring (bicyclic) bond motifs is 1. The minimum atomic E-state index is -0.315. The first-order valence-corrected chi connectivity index (χ1v) is 6.15. The Kier molecular flexibility index (Phi) is 3.52. The first kappa shape index (κ1) is 12.2. The number of aryl methyl sites for hydroxylation is 1. The first-order valence-electron chi connectivity index (χ1n) is 6.15. The fourth-order valence-electron chi connectivity index (χ4n) is 2.38. The Morgan fingerprint density at radius 1 is 1.59 bits per heavy atom. The number of amides is 1.